The normalized spacial score (nSPS) is 13.4. The van der Waals surface area contributed by atoms with Gasteiger partial charge in [-0.25, -0.2) is 4.98 Å². The van der Waals surface area contributed by atoms with Crippen LogP contribution in [0, 0.1) is 10.4 Å². The quantitative estimate of drug-likeness (QED) is 0.335. The van der Waals surface area contributed by atoms with Crippen LogP contribution in [-0.2, 0) is 12.8 Å². The van der Waals surface area contributed by atoms with Crippen LogP contribution < -0.4 is 26.2 Å². The minimum Gasteiger partial charge on any atom is -0.491 e. The van der Waals surface area contributed by atoms with Gasteiger partial charge in [0.2, 0.25) is 0 Å². The van der Waals surface area contributed by atoms with Gasteiger partial charge in [0, 0.05) is 28.9 Å². The number of pyridine rings is 1. The highest BCUT2D eigenvalue weighted by Gasteiger charge is 2.21. The minimum absolute atomic E-state index is 0.0324. The molecule has 1 amide bonds. The molecule has 0 spiro atoms. The van der Waals surface area contributed by atoms with Crippen LogP contribution in [0.3, 0.4) is 0 Å². The van der Waals surface area contributed by atoms with Crippen molar-refractivity contribution in [1.29, 1.82) is 0 Å². The number of nitrogens with two attached hydrogens (primary N) is 1. The summed E-state index contributed by atoms with van der Waals surface area (Å²) in [6.45, 7) is 0.657. The Balaban J connectivity index is 1.30. The predicted octanol–water partition coefficient (Wildman–Crippen LogP) is 4.32. The van der Waals surface area contributed by atoms with E-state index in [0.29, 0.717) is 35.8 Å². The van der Waals surface area contributed by atoms with E-state index in [1.807, 2.05) is 12.1 Å². The molecule has 0 radical (unpaired) electrons. The molecule has 2 aliphatic carbocycles. The third-order valence-electron chi connectivity index (χ3n) is 7.51. The van der Waals surface area contributed by atoms with Gasteiger partial charge in [-0.05, 0) is 88.0 Å². The number of fused-ring (bicyclic) bond motifs is 4. The number of hydrogen-bond acceptors (Lipinski definition) is 5. The molecule has 4 aromatic rings. The molecule has 0 saturated carbocycles. The Morgan fingerprint density at radius 1 is 0.925 bits per heavy atom. The summed E-state index contributed by atoms with van der Waals surface area (Å²) in [5.74, 6) is 0.427. The Bertz CT molecular complexity index is 1870. The lowest BCUT2D eigenvalue weighted by Gasteiger charge is -2.20. The average molecular weight is 550 g/mol. The first-order valence-electron chi connectivity index (χ1n) is 13.4. The second-order valence-electron chi connectivity index (χ2n) is 9.91. The number of carbonyl (C=O) groups is 2. The van der Waals surface area contributed by atoms with E-state index in [9.17, 15) is 9.59 Å². The van der Waals surface area contributed by atoms with Crippen molar-refractivity contribution in [1.82, 2.24) is 4.98 Å². The molecule has 40 heavy (non-hydrogen) atoms. The molecule has 0 saturated heterocycles. The summed E-state index contributed by atoms with van der Waals surface area (Å²) < 4.78 is 5.59. The lowest BCUT2D eigenvalue weighted by molar-refractivity contribution is 0.102. The van der Waals surface area contributed by atoms with Crippen LogP contribution >= 0.6 is 11.6 Å². The topological polar surface area (TPSA) is 94.3 Å². The number of hydrogen-bond donors (Lipinski definition) is 2. The summed E-state index contributed by atoms with van der Waals surface area (Å²) in [6.07, 6.45) is 7.09. The molecule has 0 aliphatic heterocycles. The number of aromatic nitrogens is 1. The van der Waals surface area contributed by atoms with Crippen molar-refractivity contribution in [2.75, 3.05) is 18.5 Å². The molecular formula is C33H28ClN3O3. The number of nitrogens with one attached hydrogen (secondary N) is 1. The van der Waals surface area contributed by atoms with Gasteiger partial charge in [0.25, 0.3) is 5.91 Å². The Kier molecular flexibility index (Phi) is 7.20. The summed E-state index contributed by atoms with van der Waals surface area (Å²) >= 11 is 6.46. The van der Waals surface area contributed by atoms with Gasteiger partial charge in [-0.1, -0.05) is 54.1 Å². The molecule has 6 rings (SSSR count). The standard InChI is InChI=1S/C33H28ClN3O3/c34-29-9-4-7-22-24-12-13-25-21(23(24)14-15-26(22)29)6-3-8-27(25)32(38)20-11-16-31(36-19-20)37-33(39)28-5-1-2-10-30(28)40-18-17-35/h1-2,4-5,7,9-13,15-16,19H,3,6,8,14,17-18,35H2,(H,36,37,39). The lowest BCUT2D eigenvalue weighted by atomic mass is 9.84. The van der Waals surface area contributed by atoms with E-state index in [-0.39, 0.29) is 11.7 Å². The largest absolute Gasteiger partial charge is 0.491 e. The second-order valence-corrected chi connectivity index (χ2v) is 10.3. The van der Waals surface area contributed by atoms with Crippen molar-refractivity contribution < 1.29 is 14.3 Å². The van der Waals surface area contributed by atoms with Gasteiger partial charge < -0.3 is 15.8 Å². The molecule has 0 fully saturated rings. The Hall–Kier alpha value is -4.26. The van der Waals surface area contributed by atoms with E-state index in [4.69, 9.17) is 22.1 Å². The zero-order valence-electron chi connectivity index (χ0n) is 21.9. The van der Waals surface area contributed by atoms with Gasteiger partial charge in [-0.15, -0.1) is 0 Å². The number of ether oxygens (including phenoxy) is 1. The summed E-state index contributed by atoms with van der Waals surface area (Å²) in [5, 5.41) is 8.01. The van der Waals surface area contributed by atoms with Gasteiger partial charge in [-0.3, -0.25) is 9.59 Å². The lowest BCUT2D eigenvalue weighted by Crippen LogP contribution is -2.26. The van der Waals surface area contributed by atoms with Crippen LogP contribution in [0.5, 0.6) is 5.75 Å². The molecule has 3 aromatic carbocycles. The predicted molar refractivity (Wildman–Crippen MR) is 157 cm³/mol. The van der Waals surface area contributed by atoms with Gasteiger partial charge >= 0.3 is 0 Å². The third-order valence-corrected chi connectivity index (χ3v) is 7.84. The molecule has 2 aliphatic rings. The van der Waals surface area contributed by atoms with Gasteiger partial charge in [0.15, 0.2) is 5.78 Å². The molecule has 3 N–H and O–H groups in total. The van der Waals surface area contributed by atoms with Crippen molar-refractivity contribution in [2.45, 2.75) is 25.7 Å². The van der Waals surface area contributed by atoms with E-state index in [2.05, 4.69) is 34.6 Å². The van der Waals surface area contributed by atoms with E-state index >= 15 is 0 Å². The van der Waals surface area contributed by atoms with Crippen LogP contribution in [0.2, 0.25) is 5.02 Å². The molecule has 0 unspecified atom stereocenters. The number of para-hydroxylation sites is 1. The van der Waals surface area contributed by atoms with Crippen molar-refractivity contribution in [3.05, 3.63) is 121 Å². The first kappa shape index (κ1) is 26.0. The highest BCUT2D eigenvalue weighted by molar-refractivity contribution is 6.30. The zero-order chi connectivity index (χ0) is 27.6. The number of anilines is 1. The Morgan fingerprint density at radius 3 is 2.60 bits per heavy atom. The number of rotatable bonds is 7. The third kappa shape index (κ3) is 4.81. The van der Waals surface area contributed by atoms with Crippen LogP contribution in [0.25, 0.3) is 11.6 Å². The number of nitrogens with zero attached hydrogens (tertiary/aromatic N) is 1. The van der Waals surface area contributed by atoms with Crippen molar-refractivity contribution in [3.8, 4) is 5.75 Å². The monoisotopic (exact) mass is 549 g/mol. The fourth-order valence-electron chi connectivity index (χ4n) is 5.65. The highest BCUT2D eigenvalue weighted by atomic mass is 35.5. The van der Waals surface area contributed by atoms with Crippen molar-refractivity contribution in [2.24, 2.45) is 5.73 Å². The van der Waals surface area contributed by atoms with E-state index < -0.39 is 0 Å². The molecule has 1 aromatic heterocycles. The summed E-state index contributed by atoms with van der Waals surface area (Å²) in [7, 11) is 0. The second kappa shape index (κ2) is 11.1. The Morgan fingerprint density at radius 2 is 1.77 bits per heavy atom. The van der Waals surface area contributed by atoms with Gasteiger partial charge in [0.1, 0.15) is 18.2 Å². The maximum Gasteiger partial charge on any atom is 0.260 e. The number of ketones is 1. The maximum absolute atomic E-state index is 13.7. The highest BCUT2D eigenvalue weighted by Crippen LogP contribution is 2.25. The van der Waals surface area contributed by atoms with E-state index in [1.54, 1.807) is 36.4 Å². The van der Waals surface area contributed by atoms with Crippen LogP contribution in [0.1, 0.15) is 44.7 Å². The summed E-state index contributed by atoms with van der Waals surface area (Å²) in [6, 6.07) is 20.6. The summed E-state index contributed by atoms with van der Waals surface area (Å²) in [5.41, 5.74) is 9.75. The van der Waals surface area contributed by atoms with Gasteiger partial charge in [-0.2, -0.15) is 0 Å². The SMILES string of the molecule is NCCOc1ccccc1C(=O)Nc1ccc(C(=O)C2=c3ccc4c(c3CCC2)CC=c2c(Cl)cccc2=4)cn1. The Labute approximate surface area is 236 Å². The van der Waals surface area contributed by atoms with Gasteiger partial charge in [0.05, 0.1) is 5.56 Å². The first-order valence-corrected chi connectivity index (χ1v) is 13.8. The molecule has 6 nitrogen and oxygen atoms in total. The fourth-order valence-corrected chi connectivity index (χ4v) is 5.90. The molecule has 0 atom stereocenters. The number of carbonyl (C=O) groups excluding carboxylic acids is 2. The van der Waals surface area contributed by atoms with Crippen molar-refractivity contribution >= 4 is 40.8 Å². The average Bonchev–Trinajstić information content (AvgIpc) is 2.99. The van der Waals surface area contributed by atoms with Crippen molar-refractivity contribution in [3.63, 3.8) is 0 Å². The molecule has 7 heteroatoms. The summed E-state index contributed by atoms with van der Waals surface area (Å²) in [4.78, 5) is 30.9. The van der Waals surface area contributed by atoms with E-state index in [0.717, 1.165) is 51.9 Å². The zero-order valence-corrected chi connectivity index (χ0v) is 22.6. The van der Waals surface area contributed by atoms with Crippen LogP contribution in [-0.4, -0.2) is 29.8 Å². The first-order chi connectivity index (χ1) is 19.5. The molecular weight excluding hydrogens is 522 g/mol. The molecule has 0 bridgehead atoms. The van der Waals surface area contributed by atoms with E-state index in [1.165, 1.54) is 22.5 Å². The number of Topliss-reactive ketones (excluding diaryl/α,β-unsaturated/α-hetero) is 1. The smallest absolute Gasteiger partial charge is 0.260 e. The maximum atomic E-state index is 13.7. The molecule has 1 heterocycles. The number of halogens is 1. The molecule has 200 valence electrons. The number of amides is 1. The fraction of sp³-hybridized carbons (Fsp3) is 0.182. The van der Waals surface area contributed by atoms with Crippen LogP contribution in [0.4, 0.5) is 5.82 Å². The number of benzene rings is 3. The van der Waals surface area contributed by atoms with Crippen LogP contribution in [0.15, 0.2) is 72.9 Å². The minimum atomic E-state index is -0.348.